The number of ether oxygens (including phenoxy) is 1. The van der Waals surface area contributed by atoms with Crippen LogP contribution in [0.4, 0.5) is 28.9 Å². The van der Waals surface area contributed by atoms with Crippen molar-refractivity contribution in [3.8, 4) is 0 Å². The summed E-state index contributed by atoms with van der Waals surface area (Å²) in [6, 6.07) is 1.92. The Balaban J connectivity index is 2.51. The quantitative estimate of drug-likeness (QED) is 0.477. The molecule has 0 saturated carbocycles. The van der Waals surface area contributed by atoms with Crippen molar-refractivity contribution in [3.63, 3.8) is 0 Å². The number of amides is 1. The molecule has 0 aliphatic heterocycles. The molecule has 4 nitrogen and oxygen atoms in total. The van der Waals surface area contributed by atoms with Crippen LogP contribution in [0.1, 0.15) is 6.42 Å². The first-order chi connectivity index (χ1) is 8.91. The van der Waals surface area contributed by atoms with E-state index in [9.17, 15) is 22.4 Å². The minimum Gasteiger partial charge on any atom is -0.397 e. The minimum absolute atomic E-state index is 0.138. The second kappa shape index (κ2) is 6.93. The molecule has 0 fully saturated rings. The van der Waals surface area contributed by atoms with Crippen LogP contribution < -0.4 is 11.1 Å². The largest absolute Gasteiger partial charge is 0.397 e. The summed E-state index contributed by atoms with van der Waals surface area (Å²) < 4.78 is 54.2. The molecule has 0 unspecified atom stereocenters. The lowest BCUT2D eigenvalue weighted by Crippen LogP contribution is -2.17. The van der Waals surface area contributed by atoms with Crippen molar-refractivity contribution in [3.05, 3.63) is 23.8 Å². The Hall–Kier alpha value is -1.83. The Bertz CT molecular complexity index is 455. The SMILES string of the molecule is Nc1ccc(F)c(F)c1NC(=O)CCOCC(F)F. The van der Waals surface area contributed by atoms with E-state index in [4.69, 9.17) is 5.73 Å². The summed E-state index contributed by atoms with van der Waals surface area (Å²) in [6.07, 6.45) is -2.90. The second-order valence-corrected chi connectivity index (χ2v) is 3.59. The fourth-order valence-corrected chi connectivity index (χ4v) is 1.23. The molecular formula is C11H12F4N2O2. The maximum Gasteiger partial charge on any atom is 0.261 e. The predicted molar refractivity (Wildman–Crippen MR) is 60.8 cm³/mol. The average Bonchev–Trinajstić information content (AvgIpc) is 2.35. The van der Waals surface area contributed by atoms with E-state index in [-0.39, 0.29) is 18.7 Å². The van der Waals surface area contributed by atoms with Crippen LogP contribution in [-0.4, -0.2) is 25.5 Å². The third-order valence-corrected chi connectivity index (χ3v) is 2.11. The number of nitrogens with two attached hydrogens (primary N) is 1. The molecule has 0 saturated heterocycles. The van der Waals surface area contributed by atoms with Gasteiger partial charge in [-0.2, -0.15) is 0 Å². The first-order valence-electron chi connectivity index (χ1n) is 5.31. The van der Waals surface area contributed by atoms with E-state index >= 15 is 0 Å². The van der Waals surface area contributed by atoms with Gasteiger partial charge in [0.2, 0.25) is 5.91 Å². The van der Waals surface area contributed by atoms with Gasteiger partial charge in [-0.05, 0) is 12.1 Å². The first kappa shape index (κ1) is 15.2. The molecule has 1 aromatic carbocycles. The number of hydrogen-bond donors (Lipinski definition) is 2. The molecule has 1 amide bonds. The zero-order valence-electron chi connectivity index (χ0n) is 9.76. The van der Waals surface area contributed by atoms with Gasteiger partial charge in [0.15, 0.2) is 11.6 Å². The van der Waals surface area contributed by atoms with Crippen LogP contribution in [0.3, 0.4) is 0 Å². The Morgan fingerprint density at radius 2 is 2.05 bits per heavy atom. The Morgan fingerprint density at radius 3 is 2.68 bits per heavy atom. The third kappa shape index (κ3) is 4.74. The molecule has 1 rings (SSSR count). The van der Waals surface area contributed by atoms with Gasteiger partial charge >= 0.3 is 0 Å². The zero-order valence-corrected chi connectivity index (χ0v) is 9.76. The number of carbonyl (C=O) groups excluding carboxylic acids is 1. The summed E-state index contributed by atoms with van der Waals surface area (Å²) in [6.45, 7) is -1.04. The maximum absolute atomic E-state index is 13.3. The number of anilines is 2. The molecule has 0 aromatic heterocycles. The van der Waals surface area contributed by atoms with E-state index in [1.165, 1.54) is 0 Å². The molecule has 0 heterocycles. The Kier molecular flexibility index (Phi) is 5.56. The van der Waals surface area contributed by atoms with Gasteiger partial charge in [0.25, 0.3) is 6.43 Å². The molecule has 0 radical (unpaired) electrons. The summed E-state index contributed by atoms with van der Waals surface area (Å²) in [7, 11) is 0. The van der Waals surface area contributed by atoms with Crippen molar-refractivity contribution in [1.82, 2.24) is 0 Å². The molecule has 106 valence electrons. The van der Waals surface area contributed by atoms with Gasteiger partial charge in [0.1, 0.15) is 12.3 Å². The summed E-state index contributed by atoms with van der Waals surface area (Å²) >= 11 is 0. The predicted octanol–water partition coefficient (Wildman–Crippen LogP) is 2.16. The molecular weight excluding hydrogens is 268 g/mol. The summed E-state index contributed by atoms with van der Waals surface area (Å²) in [4.78, 5) is 11.3. The monoisotopic (exact) mass is 280 g/mol. The van der Waals surface area contributed by atoms with Crippen LogP contribution in [0.15, 0.2) is 12.1 Å². The van der Waals surface area contributed by atoms with E-state index in [0.717, 1.165) is 12.1 Å². The van der Waals surface area contributed by atoms with Gasteiger partial charge in [-0.15, -0.1) is 0 Å². The van der Waals surface area contributed by atoms with Gasteiger partial charge in [0.05, 0.1) is 18.7 Å². The number of carbonyl (C=O) groups is 1. The van der Waals surface area contributed by atoms with E-state index < -0.39 is 36.3 Å². The maximum atomic E-state index is 13.3. The van der Waals surface area contributed by atoms with Crippen molar-refractivity contribution in [2.75, 3.05) is 24.3 Å². The molecule has 0 atom stereocenters. The lowest BCUT2D eigenvalue weighted by molar-refractivity contribution is -0.117. The zero-order chi connectivity index (χ0) is 14.4. The molecule has 0 aliphatic carbocycles. The minimum atomic E-state index is -2.63. The number of hydrogen-bond acceptors (Lipinski definition) is 3. The van der Waals surface area contributed by atoms with Gasteiger partial charge in [-0.1, -0.05) is 0 Å². The highest BCUT2D eigenvalue weighted by atomic mass is 19.3. The van der Waals surface area contributed by atoms with E-state index in [1.807, 2.05) is 0 Å². The lowest BCUT2D eigenvalue weighted by Gasteiger charge is -2.10. The third-order valence-electron chi connectivity index (χ3n) is 2.11. The number of nitrogen functional groups attached to an aromatic ring is 1. The average molecular weight is 280 g/mol. The molecule has 3 N–H and O–H groups in total. The van der Waals surface area contributed by atoms with Crippen LogP contribution >= 0.6 is 0 Å². The van der Waals surface area contributed by atoms with Gasteiger partial charge < -0.3 is 15.8 Å². The first-order valence-corrected chi connectivity index (χ1v) is 5.31. The summed E-state index contributed by atoms with van der Waals surface area (Å²) in [5.41, 5.74) is 4.77. The van der Waals surface area contributed by atoms with Gasteiger partial charge in [0, 0.05) is 0 Å². The van der Waals surface area contributed by atoms with Gasteiger partial charge in [-0.3, -0.25) is 4.79 Å². The Labute approximate surface area is 106 Å². The van der Waals surface area contributed by atoms with Crippen LogP contribution in [0.5, 0.6) is 0 Å². The van der Waals surface area contributed by atoms with Crippen molar-refractivity contribution in [1.29, 1.82) is 0 Å². The van der Waals surface area contributed by atoms with Crippen LogP contribution in [0.25, 0.3) is 0 Å². The molecule has 0 bridgehead atoms. The highest BCUT2D eigenvalue weighted by Crippen LogP contribution is 2.24. The van der Waals surface area contributed by atoms with Crippen molar-refractivity contribution < 1.29 is 27.1 Å². The van der Waals surface area contributed by atoms with Crippen LogP contribution in [-0.2, 0) is 9.53 Å². The number of nitrogens with one attached hydrogen (secondary N) is 1. The fraction of sp³-hybridized carbons (Fsp3) is 0.364. The molecule has 0 spiro atoms. The van der Waals surface area contributed by atoms with Crippen molar-refractivity contribution >= 4 is 17.3 Å². The molecule has 19 heavy (non-hydrogen) atoms. The lowest BCUT2D eigenvalue weighted by atomic mass is 10.2. The highest BCUT2D eigenvalue weighted by Gasteiger charge is 2.14. The molecule has 1 aromatic rings. The number of alkyl halides is 2. The topological polar surface area (TPSA) is 64.3 Å². The van der Waals surface area contributed by atoms with Gasteiger partial charge in [-0.25, -0.2) is 17.6 Å². The van der Waals surface area contributed by atoms with Crippen LogP contribution in [0.2, 0.25) is 0 Å². The van der Waals surface area contributed by atoms with Crippen molar-refractivity contribution in [2.45, 2.75) is 12.8 Å². The normalized spacial score (nSPS) is 10.8. The number of halogens is 4. The second-order valence-electron chi connectivity index (χ2n) is 3.59. The smallest absolute Gasteiger partial charge is 0.261 e. The van der Waals surface area contributed by atoms with E-state index in [0.29, 0.717) is 0 Å². The highest BCUT2D eigenvalue weighted by molar-refractivity contribution is 5.94. The standard InChI is InChI=1S/C11H12F4N2O2/c12-6-1-2-7(16)11(10(6)15)17-9(18)3-4-19-5-8(13)14/h1-2,8H,3-5,16H2,(H,17,18). The fourth-order valence-electron chi connectivity index (χ4n) is 1.23. The molecule has 0 aliphatic rings. The van der Waals surface area contributed by atoms with E-state index in [1.54, 1.807) is 0 Å². The van der Waals surface area contributed by atoms with Crippen molar-refractivity contribution in [2.24, 2.45) is 0 Å². The Morgan fingerprint density at radius 1 is 1.37 bits per heavy atom. The van der Waals surface area contributed by atoms with Crippen LogP contribution in [0, 0.1) is 11.6 Å². The summed E-state index contributed by atoms with van der Waals surface area (Å²) in [5.74, 6) is -3.15. The number of rotatable bonds is 6. The molecule has 8 heteroatoms. The summed E-state index contributed by atoms with van der Waals surface area (Å²) in [5, 5.41) is 2.06. The van der Waals surface area contributed by atoms with E-state index in [2.05, 4.69) is 10.1 Å². The number of benzene rings is 1.